The lowest BCUT2D eigenvalue weighted by molar-refractivity contribution is -0.143. The van der Waals surface area contributed by atoms with Gasteiger partial charge in [0.25, 0.3) is 0 Å². The number of benzene rings is 2. The van der Waals surface area contributed by atoms with Crippen LogP contribution in [0.4, 0.5) is 30.7 Å². The number of alkyl halides is 6. The van der Waals surface area contributed by atoms with Crippen LogP contribution in [0.25, 0.3) is 0 Å². The van der Waals surface area contributed by atoms with Gasteiger partial charge in [-0.3, -0.25) is 9.69 Å². The minimum Gasteiger partial charge on any atom is -0.393 e. The first-order valence-corrected chi connectivity index (χ1v) is 13.1. The summed E-state index contributed by atoms with van der Waals surface area (Å²) >= 11 is 0. The summed E-state index contributed by atoms with van der Waals surface area (Å²) < 4.78 is 96.0. The van der Waals surface area contributed by atoms with Crippen LogP contribution >= 0.6 is 0 Å². The minimum atomic E-state index is -4.91. The number of hydrogen-bond acceptors (Lipinski definition) is 4. The molecule has 3 unspecified atom stereocenters. The van der Waals surface area contributed by atoms with Gasteiger partial charge in [-0.05, 0) is 61.6 Å². The molecule has 3 atom stereocenters. The Hall–Kier alpha value is -2.70. The highest BCUT2D eigenvalue weighted by molar-refractivity contribution is 5.78. The predicted octanol–water partition coefficient (Wildman–Crippen LogP) is 5.66. The molecule has 220 valence electrons. The average molecular weight is 577 g/mol. The van der Waals surface area contributed by atoms with Gasteiger partial charge in [0.2, 0.25) is 5.91 Å². The summed E-state index contributed by atoms with van der Waals surface area (Å²) in [6.07, 6.45) is -7.65. The number of nitrogens with zero attached hydrogens (tertiary/aromatic N) is 2. The summed E-state index contributed by atoms with van der Waals surface area (Å²) in [6, 6.07) is 9.38. The zero-order valence-electron chi connectivity index (χ0n) is 21.6. The van der Waals surface area contributed by atoms with Crippen molar-refractivity contribution in [2.75, 3.05) is 19.6 Å². The van der Waals surface area contributed by atoms with Crippen molar-refractivity contribution in [1.82, 2.24) is 9.80 Å². The summed E-state index contributed by atoms with van der Waals surface area (Å²) in [5.74, 6) is -0.200. The van der Waals surface area contributed by atoms with Crippen molar-refractivity contribution >= 4 is 5.91 Å². The van der Waals surface area contributed by atoms with Gasteiger partial charge in [0.1, 0.15) is 5.82 Å². The molecule has 3 aliphatic rings. The van der Waals surface area contributed by atoms with E-state index in [4.69, 9.17) is 4.74 Å². The Balaban J connectivity index is 0.000000461. The molecule has 0 spiro atoms. The molecule has 5 rings (SSSR count). The molecular weight excluding hydrogens is 545 g/mol. The first-order valence-electron chi connectivity index (χ1n) is 13.1. The molecule has 1 amide bonds. The number of carbonyl (C=O) groups is 1. The second-order valence-corrected chi connectivity index (χ2v) is 10.4. The fourth-order valence-electron chi connectivity index (χ4n) is 5.50. The van der Waals surface area contributed by atoms with Crippen molar-refractivity contribution in [3.8, 4) is 0 Å². The highest BCUT2D eigenvalue weighted by atomic mass is 19.4. The van der Waals surface area contributed by atoms with Crippen molar-refractivity contribution in [2.24, 2.45) is 0 Å². The summed E-state index contributed by atoms with van der Waals surface area (Å²) in [4.78, 5) is 16.6. The summed E-state index contributed by atoms with van der Waals surface area (Å²) in [5, 5.41) is 9.70. The van der Waals surface area contributed by atoms with E-state index in [0.717, 1.165) is 19.5 Å². The Bertz CT molecular complexity index is 1100. The number of likely N-dealkylation sites (tertiary alicyclic amines) is 1. The van der Waals surface area contributed by atoms with E-state index < -0.39 is 36.2 Å². The summed E-state index contributed by atoms with van der Waals surface area (Å²) in [6.45, 7) is 1.32. The zero-order chi connectivity index (χ0) is 29.1. The molecule has 0 aliphatic carbocycles. The Morgan fingerprint density at radius 3 is 2.00 bits per heavy atom. The lowest BCUT2D eigenvalue weighted by atomic mass is 9.93. The van der Waals surface area contributed by atoms with Gasteiger partial charge in [-0.1, -0.05) is 18.2 Å². The van der Waals surface area contributed by atoms with Gasteiger partial charge in [0.15, 0.2) is 0 Å². The minimum absolute atomic E-state index is 0.0214. The van der Waals surface area contributed by atoms with Crippen LogP contribution in [0.2, 0.25) is 0 Å². The monoisotopic (exact) mass is 576 g/mol. The van der Waals surface area contributed by atoms with Gasteiger partial charge < -0.3 is 14.7 Å². The molecule has 3 fully saturated rings. The molecule has 5 nitrogen and oxygen atoms in total. The van der Waals surface area contributed by atoms with E-state index in [0.29, 0.717) is 37.8 Å². The molecule has 3 saturated heterocycles. The Labute approximate surface area is 227 Å². The maximum Gasteiger partial charge on any atom is 0.416 e. The third kappa shape index (κ3) is 7.94. The van der Waals surface area contributed by atoms with Crippen LogP contribution < -0.4 is 0 Å². The van der Waals surface area contributed by atoms with Gasteiger partial charge in [-0.2, -0.15) is 26.3 Å². The lowest BCUT2D eigenvalue weighted by Gasteiger charge is -2.42. The van der Waals surface area contributed by atoms with Crippen LogP contribution in [-0.4, -0.2) is 64.7 Å². The molecule has 0 radical (unpaired) electrons. The van der Waals surface area contributed by atoms with Crippen LogP contribution in [0, 0.1) is 5.82 Å². The predicted molar refractivity (Wildman–Crippen MR) is 131 cm³/mol. The summed E-state index contributed by atoms with van der Waals surface area (Å²) in [5.41, 5.74) is -2.95. The van der Waals surface area contributed by atoms with Crippen LogP contribution in [-0.2, 0) is 28.5 Å². The van der Waals surface area contributed by atoms with Crippen molar-refractivity contribution in [3.63, 3.8) is 0 Å². The maximum absolute atomic E-state index is 13.1. The van der Waals surface area contributed by atoms with Crippen LogP contribution in [0.15, 0.2) is 48.5 Å². The molecule has 1 N–H and O–H groups in total. The Morgan fingerprint density at radius 2 is 1.48 bits per heavy atom. The van der Waals surface area contributed by atoms with Crippen LogP contribution in [0.1, 0.15) is 48.8 Å². The van der Waals surface area contributed by atoms with Crippen LogP contribution in [0.3, 0.4) is 0 Å². The number of carbonyl (C=O) groups excluding carboxylic acids is 1. The number of aliphatic hydroxyl groups excluding tert-OH is 1. The second kappa shape index (κ2) is 12.4. The van der Waals surface area contributed by atoms with Gasteiger partial charge >= 0.3 is 12.4 Å². The molecule has 12 heteroatoms. The molecular formula is C28H31F7N2O3. The number of rotatable bonds is 4. The third-order valence-electron chi connectivity index (χ3n) is 7.53. The Kier molecular flexibility index (Phi) is 9.41. The van der Waals surface area contributed by atoms with E-state index in [2.05, 4.69) is 4.90 Å². The van der Waals surface area contributed by atoms with Crippen molar-refractivity contribution in [1.29, 1.82) is 0 Å². The number of fused-ring (bicyclic) bond motifs is 1. The number of hydrogen-bond donors (Lipinski definition) is 1. The topological polar surface area (TPSA) is 53.0 Å². The fraction of sp³-hybridized carbons (Fsp3) is 0.536. The quantitative estimate of drug-likeness (QED) is 0.478. The molecule has 0 bridgehead atoms. The van der Waals surface area contributed by atoms with E-state index in [1.807, 2.05) is 0 Å². The zero-order valence-corrected chi connectivity index (χ0v) is 21.6. The maximum atomic E-state index is 13.1. The first-order chi connectivity index (χ1) is 18.8. The largest absolute Gasteiger partial charge is 0.416 e. The first kappa shape index (κ1) is 30.3. The summed E-state index contributed by atoms with van der Waals surface area (Å²) in [7, 11) is 0. The number of piperidine rings is 2. The van der Waals surface area contributed by atoms with Crippen molar-refractivity contribution in [2.45, 2.75) is 75.4 Å². The van der Waals surface area contributed by atoms with Crippen molar-refractivity contribution in [3.05, 3.63) is 71.0 Å². The normalized spacial score (nSPS) is 24.4. The highest BCUT2D eigenvalue weighted by Gasteiger charge is 2.43. The van der Waals surface area contributed by atoms with E-state index in [1.165, 1.54) is 12.1 Å². The number of aliphatic hydroxyl groups is 1. The Morgan fingerprint density at radius 1 is 0.875 bits per heavy atom. The van der Waals surface area contributed by atoms with Crippen molar-refractivity contribution < 1.29 is 45.4 Å². The van der Waals surface area contributed by atoms with E-state index in [-0.39, 0.29) is 48.1 Å². The fourth-order valence-corrected chi connectivity index (χ4v) is 5.50. The number of ether oxygens (including phenoxy) is 1. The van der Waals surface area contributed by atoms with Gasteiger partial charge in [-0.25, -0.2) is 4.39 Å². The van der Waals surface area contributed by atoms with Gasteiger partial charge in [0.05, 0.1) is 29.9 Å². The molecule has 2 aromatic rings. The van der Waals surface area contributed by atoms with E-state index >= 15 is 0 Å². The number of amides is 1. The lowest BCUT2D eigenvalue weighted by Crippen LogP contribution is -2.52. The molecule has 40 heavy (non-hydrogen) atoms. The molecule has 3 heterocycles. The van der Waals surface area contributed by atoms with E-state index in [9.17, 15) is 40.6 Å². The smallest absolute Gasteiger partial charge is 0.393 e. The molecule has 0 saturated carbocycles. The second-order valence-electron chi connectivity index (χ2n) is 10.4. The number of halogens is 7. The molecule has 3 aliphatic heterocycles. The average Bonchev–Trinajstić information content (AvgIpc) is 3.31. The van der Waals surface area contributed by atoms with Gasteiger partial charge in [-0.15, -0.1) is 0 Å². The highest BCUT2D eigenvalue weighted by Crippen LogP contribution is 2.37. The van der Waals surface area contributed by atoms with Crippen LogP contribution in [0.5, 0.6) is 0 Å². The van der Waals surface area contributed by atoms with Gasteiger partial charge in [0, 0.05) is 38.1 Å². The van der Waals surface area contributed by atoms with E-state index in [1.54, 1.807) is 23.1 Å². The third-order valence-corrected chi connectivity index (χ3v) is 7.53. The molecule has 0 aromatic heterocycles. The SMILES string of the molecule is Fc1ccccc1.O=C1CC(N2CCC(O)CC2)CC2CC(OCc3cc(C(F)(F)F)cc(C(F)(F)F)c3)CN12. The molecule has 2 aromatic carbocycles. The standard InChI is InChI=1S/C22H26F6N2O3.C6H5F/c23-21(24,25)14-5-13(6-15(7-14)22(26,27)28)12-33-19-9-17-8-16(10-20(32)30(17)11-19)29-3-1-18(31)2-4-29;7-6-4-2-1-3-5-6/h5-7,16-19,31H,1-4,8-12H2;1-5H.